The third-order valence-electron chi connectivity index (χ3n) is 6.45. The summed E-state index contributed by atoms with van der Waals surface area (Å²) < 4.78 is 3.33. The number of aromatic nitrogens is 4. The van der Waals surface area contributed by atoms with Gasteiger partial charge >= 0.3 is 5.69 Å². The van der Waals surface area contributed by atoms with Gasteiger partial charge in [0, 0.05) is 17.9 Å². The van der Waals surface area contributed by atoms with E-state index in [1.807, 2.05) is 44.2 Å². The van der Waals surface area contributed by atoms with E-state index >= 15 is 0 Å². The van der Waals surface area contributed by atoms with Crippen LogP contribution in [0, 0.1) is 19.8 Å². The number of anilines is 1. The maximum atomic E-state index is 13.6. The van der Waals surface area contributed by atoms with E-state index in [9.17, 15) is 9.90 Å². The largest absolute Gasteiger partial charge is 0.389 e. The summed E-state index contributed by atoms with van der Waals surface area (Å²) in [7, 11) is 0. The molecule has 4 rings (SSSR count). The molecule has 0 spiro atoms. The summed E-state index contributed by atoms with van der Waals surface area (Å²) in [5.74, 6) is 1.36. The van der Waals surface area contributed by atoms with Crippen LogP contribution in [0.4, 0.5) is 5.95 Å². The van der Waals surface area contributed by atoms with E-state index in [-0.39, 0.29) is 12.2 Å². The molecule has 0 bridgehead atoms. The van der Waals surface area contributed by atoms with Crippen LogP contribution in [0.5, 0.6) is 0 Å². The molecule has 3 aromatic rings. The zero-order chi connectivity index (χ0) is 23.8. The Balaban J connectivity index is 1.80. The van der Waals surface area contributed by atoms with Crippen LogP contribution in [0.2, 0.25) is 0 Å². The number of hydrogen-bond acceptors (Lipinski definition) is 5. The second-order valence-electron chi connectivity index (χ2n) is 10.2. The van der Waals surface area contributed by atoms with Gasteiger partial charge in [0.2, 0.25) is 5.95 Å². The van der Waals surface area contributed by atoms with Gasteiger partial charge in [-0.2, -0.15) is 0 Å². The first-order valence-corrected chi connectivity index (χ1v) is 11.8. The monoisotopic (exact) mass is 449 g/mol. The number of nitrogens with zero attached hydrogens (tertiary/aromatic N) is 4. The molecule has 2 aromatic heterocycles. The van der Waals surface area contributed by atoms with Crippen LogP contribution < -0.4 is 11.0 Å². The van der Waals surface area contributed by atoms with Crippen LogP contribution in [0.1, 0.15) is 57.7 Å². The van der Waals surface area contributed by atoms with Gasteiger partial charge < -0.3 is 10.4 Å². The Morgan fingerprint density at radius 3 is 2.55 bits per heavy atom. The highest BCUT2D eigenvalue weighted by Gasteiger charge is 2.25. The second-order valence-corrected chi connectivity index (χ2v) is 10.2. The molecular formula is C26H35N5O2. The molecule has 0 radical (unpaired) electrons. The van der Waals surface area contributed by atoms with Gasteiger partial charge in [0.05, 0.1) is 29.2 Å². The van der Waals surface area contributed by atoms with E-state index < -0.39 is 5.60 Å². The molecule has 176 valence electrons. The Kier molecular flexibility index (Phi) is 6.43. The molecule has 2 heterocycles. The molecule has 1 aliphatic rings. The number of rotatable bonds is 6. The molecule has 1 aromatic carbocycles. The van der Waals surface area contributed by atoms with Crippen molar-refractivity contribution in [1.82, 2.24) is 19.1 Å². The number of aryl methyl sites for hydroxylation is 1. The van der Waals surface area contributed by atoms with Crippen LogP contribution in [-0.4, -0.2) is 35.9 Å². The summed E-state index contributed by atoms with van der Waals surface area (Å²) in [5.41, 5.74) is 2.79. The van der Waals surface area contributed by atoms with Gasteiger partial charge in [-0.1, -0.05) is 19.1 Å². The quantitative estimate of drug-likeness (QED) is 0.580. The Bertz CT molecular complexity index is 1180. The molecule has 33 heavy (non-hydrogen) atoms. The molecule has 0 aliphatic heterocycles. The van der Waals surface area contributed by atoms with Gasteiger partial charge in [-0.05, 0) is 83.1 Å². The van der Waals surface area contributed by atoms with Crippen LogP contribution in [0.25, 0.3) is 17.1 Å². The van der Waals surface area contributed by atoms with Crippen LogP contribution in [0.3, 0.4) is 0 Å². The van der Waals surface area contributed by atoms with Gasteiger partial charge in [-0.3, -0.25) is 9.13 Å². The van der Waals surface area contributed by atoms with Crippen LogP contribution >= 0.6 is 0 Å². The van der Waals surface area contributed by atoms with Crippen LogP contribution in [-0.2, 0) is 6.54 Å². The number of nitrogens with one attached hydrogen (secondary N) is 1. The third kappa shape index (κ3) is 5.19. The van der Waals surface area contributed by atoms with Crippen molar-refractivity contribution >= 4 is 5.95 Å². The summed E-state index contributed by atoms with van der Waals surface area (Å²) in [5, 5.41) is 13.9. The first-order chi connectivity index (χ1) is 15.6. The van der Waals surface area contributed by atoms with Crippen molar-refractivity contribution in [2.24, 2.45) is 5.92 Å². The topological polar surface area (TPSA) is 85.0 Å². The summed E-state index contributed by atoms with van der Waals surface area (Å²) in [6.45, 7) is 9.83. The predicted octanol–water partition coefficient (Wildman–Crippen LogP) is 4.47. The molecule has 0 unspecified atom stereocenters. The van der Waals surface area contributed by atoms with Crippen LogP contribution in [0.15, 0.2) is 41.3 Å². The Morgan fingerprint density at radius 2 is 1.88 bits per heavy atom. The van der Waals surface area contributed by atoms with E-state index in [0.29, 0.717) is 17.7 Å². The van der Waals surface area contributed by atoms with E-state index in [4.69, 9.17) is 4.98 Å². The molecule has 7 nitrogen and oxygen atoms in total. The summed E-state index contributed by atoms with van der Waals surface area (Å²) >= 11 is 0. The van der Waals surface area contributed by atoms with Gasteiger partial charge in [0.15, 0.2) is 0 Å². The van der Waals surface area contributed by atoms with Crippen molar-refractivity contribution in [3.05, 3.63) is 58.3 Å². The highest BCUT2D eigenvalue weighted by atomic mass is 16.3. The minimum Gasteiger partial charge on any atom is -0.389 e. The van der Waals surface area contributed by atoms with Crippen molar-refractivity contribution < 1.29 is 5.11 Å². The molecule has 0 saturated heterocycles. The molecular weight excluding hydrogens is 414 g/mol. The van der Waals surface area contributed by atoms with Gasteiger partial charge in [0.25, 0.3) is 0 Å². The van der Waals surface area contributed by atoms with Gasteiger partial charge in [-0.15, -0.1) is 0 Å². The fourth-order valence-electron chi connectivity index (χ4n) is 4.68. The lowest BCUT2D eigenvalue weighted by molar-refractivity contribution is 0.0598. The highest BCUT2D eigenvalue weighted by molar-refractivity contribution is 5.62. The Labute approximate surface area is 195 Å². The second kappa shape index (κ2) is 9.14. The molecule has 1 aliphatic carbocycles. The van der Waals surface area contributed by atoms with Crippen molar-refractivity contribution in [3.63, 3.8) is 0 Å². The van der Waals surface area contributed by atoms with Gasteiger partial charge in [-0.25, -0.2) is 14.8 Å². The predicted molar refractivity (Wildman–Crippen MR) is 132 cm³/mol. The van der Waals surface area contributed by atoms with E-state index in [2.05, 4.69) is 17.2 Å². The lowest BCUT2D eigenvalue weighted by Gasteiger charge is -2.26. The first kappa shape index (κ1) is 23.2. The molecule has 0 atom stereocenters. The molecule has 1 saturated carbocycles. The van der Waals surface area contributed by atoms with Gasteiger partial charge in [0.1, 0.15) is 0 Å². The summed E-state index contributed by atoms with van der Waals surface area (Å²) in [6.07, 6.45) is 6.40. The Morgan fingerprint density at radius 1 is 1.15 bits per heavy atom. The smallest absolute Gasteiger partial charge is 0.333 e. The maximum Gasteiger partial charge on any atom is 0.333 e. The first-order valence-electron chi connectivity index (χ1n) is 11.8. The maximum absolute atomic E-state index is 13.6. The molecule has 0 amide bonds. The lowest BCUT2D eigenvalue weighted by Crippen LogP contribution is -2.33. The van der Waals surface area contributed by atoms with Crippen molar-refractivity contribution in [2.75, 3.05) is 5.32 Å². The zero-order valence-electron chi connectivity index (χ0n) is 20.3. The minimum absolute atomic E-state index is 0.190. The lowest BCUT2D eigenvalue weighted by atomic mass is 9.87. The SMILES string of the molecule is Cc1cccc(-n2c(-c3ccnc(NC4CCC(C)CC4)n3)c(C)n(CC(C)(C)O)c2=O)c1. The zero-order valence-corrected chi connectivity index (χ0v) is 20.3. The normalized spacial score (nSPS) is 19.0. The summed E-state index contributed by atoms with van der Waals surface area (Å²) in [4.78, 5) is 22.8. The van der Waals surface area contributed by atoms with E-state index in [1.165, 1.54) is 12.8 Å². The number of aliphatic hydroxyl groups is 1. The standard InChI is InChI=1S/C26H35N5O2/c1-17-9-11-20(12-10-17)28-24-27-14-13-22(29-24)23-19(3)30(16-26(4,5)33)25(32)31(23)21-8-6-7-18(2)15-21/h6-8,13-15,17,20,33H,9-12,16H2,1-5H3,(H,27,28,29). The summed E-state index contributed by atoms with van der Waals surface area (Å²) in [6, 6.07) is 10.1. The minimum atomic E-state index is -1.03. The molecule has 1 fully saturated rings. The average Bonchev–Trinajstić information content (AvgIpc) is 2.99. The highest BCUT2D eigenvalue weighted by Crippen LogP contribution is 2.28. The molecule has 2 N–H and O–H groups in total. The molecule has 7 heteroatoms. The van der Waals surface area contributed by atoms with Crippen molar-refractivity contribution in [1.29, 1.82) is 0 Å². The number of imidazole rings is 1. The third-order valence-corrected chi connectivity index (χ3v) is 6.45. The average molecular weight is 450 g/mol. The van der Waals surface area contributed by atoms with E-state index in [0.717, 1.165) is 41.4 Å². The fourth-order valence-corrected chi connectivity index (χ4v) is 4.68. The Hall–Kier alpha value is -2.93. The fraction of sp³-hybridized carbons (Fsp3) is 0.500. The van der Waals surface area contributed by atoms with Crippen molar-refractivity contribution in [3.8, 4) is 17.1 Å². The number of benzene rings is 1. The van der Waals surface area contributed by atoms with Crippen molar-refractivity contribution in [2.45, 2.75) is 78.5 Å². The number of hydrogen-bond donors (Lipinski definition) is 2. The van der Waals surface area contributed by atoms with E-state index in [1.54, 1.807) is 29.2 Å².